The van der Waals surface area contributed by atoms with E-state index in [1.165, 1.54) is 0 Å². The van der Waals surface area contributed by atoms with Crippen LogP contribution in [0.4, 0.5) is 0 Å². The van der Waals surface area contributed by atoms with Crippen molar-refractivity contribution in [2.24, 2.45) is 0 Å². The number of nitrogens with zero attached hydrogens (tertiary/aromatic N) is 1. The molecule has 1 aromatic heterocycles. The van der Waals surface area contributed by atoms with Crippen molar-refractivity contribution in [2.75, 3.05) is 7.05 Å². The van der Waals surface area contributed by atoms with Crippen LogP contribution in [0.1, 0.15) is 30.4 Å². The number of rotatable bonds is 2. The maximum atomic E-state index is 11.9. The second-order valence-corrected chi connectivity index (χ2v) is 5.69. The number of fused-ring (bicyclic) bond motifs is 1. The van der Waals surface area contributed by atoms with Crippen LogP contribution in [0.5, 0.6) is 0 Å². The monoisotopic (exact) mass is 328 g/mol. The van der Waals surface area contributed by atoms with Crippen molar-refractivity contribution in [1.29, 1.82) is 0 Å². The summed E-state index contributed by atoms with van der Waals surface area (Å²) in [4.78, 5) is 11.9. The summed E-state index contributed by atoms with van der Waals surface area (Å²) in [5, 5.41) is 4.28. The third kappa shape index (κ3) is 2.15. The van der Waals surface area contributed by atoms with E-state index in [2.05, 4.69) is 21.2 Å². The fraction of sp³-hybridized carbons (Fsp3) is 0.308. The first-order valence-corrected chi connectivity index (χ1v) is 6.85. The Bertz CT molecular complexity index is 619. The van der Waals surface area contributed by atoms with E-state index in [9.17, 15) is 4.79 Å². The van der Waals surface area contributed by atoms with Gasteiger partial charge in [-0.2, -0.15) is 0 Å². The highest BCUT2D eigenvalue weighted by molar-refractivity contribution is 9.10. The Morgan fingerprint density at radius 2 is 2.06 bits per heavy atom. The maximum absolute atomic E-state index is 11.9. The predicted molar refractivity (Wildman–Crippen MR) is 78.4 cm³/mol. The number of hydrogen-bond acceptors (Lipinski definition) is 1. The zero-order valence-electron chi connectivity index (χ0n) is 10.4. The first kappa shape index (κ1) is 13.4. The Hall–Kier alpha value is -1.00. The highest BCUT2D eigenvalue weighted by Crippen LogP contribution is 2.33. The summed E-state index contributed by atoms with van der Waals surface area (Å²) in [6, 6.07) is 5.76. The number of carbonyl (C=O) groups is 1. The van der Waals surface area contributed by atoms with Gasteiger partial charge < -0.3 is 9.88 Å². The van der Waals surface area contributed by atoms with Crippen molar-refractivity contribution >= 4 is 44.3 Å². The quantitative estimate of drug-likeness (QED) is 0.888. The van der Waals surface area contributed by atoms with Gasteiger partial charge in [0.2, 0.25) is 0 Å². The molecule has 0 saturated carbocycles. The molecule has 5 heteroatoms. The van der Waals surface area contributed by atoms with Gasteiger partial charge in [-0.15, -0.1) is 0 Å². The summed E-state index contributed by atoms with van der Waals surface area (Å²) in [6.45, 7) is 4.10. The molecule has 0 aliphatic heterocycles. The van der Waals surface area contributed by atoms with E-state index in [0.29, 0.717) is 10.7 Å². The van der Waals surface area contributed by atoms with Gasteiger partial charge in [-0.1, -0.05) is 11.6 Å². The lowest BCUT2D eigenvalue weighted by atomic mass is 10.2. The van der Waals surface area contributed by atoms with E-state index in [1.54, 1.807) is 7.05 Å². The van der Waals surface area contributed by atoms with Gasteiger partial charge in [0, 0.05) is 28.0 Å². The van der Waals surface area contributed by atoms with Crippen molar-refractivity contribution in [1.82, 2.24) is 9.88 Å². The average molecular weight is 330 g/mol. The molecule has 1 amide bonds. The van der Waals surface area contributed by atoms with Crippen LogP contribution in [0.15, 0.2) is 22.7 Å². The normalized spacial score (nSPS) is 11.2. The van der Waals surface area contributed by atoms with E-state index < -0.39 is 0 Å². The molecule has 3 nitrogen and oxygen atoms in total. The molecule has 1 aromatic carbocycles. The van der Waals surface area contributed by atoms with Crippen LogP contribution < -0.4 is 5.32 Å². The molecule has 18 heavy (non-hydrogen) atoms. The second-order valence-electron chi connectivity index (χ2n) is 4.40. The largest absolute Gasteiger partial charge is 0.354 e. The Balaban J connectivity index is 2.84. The molecule has 0 aliphatic carbocycles. The van der Waals surface area contributed by atoms with Crippen LogP contribution in [0.2, 0.25) is 5.02 Å². The van der Waals surface area contributed by atoms with Crippen molar-refractivity contribution in [3.8, 4) is 0 Å². The van der Waals surface area contributed by atoms with E-state index in [0.717, 1.165) is 15.4 Å². The van der Waals surface area contributed by atoms with Crippen LogP contribution in [0.25, 0.3) is 10.9 Å². The molecule has 0 bridgehead atoms. The number of carbonyl (C=O) groups excluding carboxylic acids is 1. The van der Waals surface area contributed by atoms with Gasteiger partial charge in [-0.05, 0) is 48.0 Å². The van der Waals surface area contributed by atoms with Crippen molar-refractivity contribution in [3.63, 3.8) is 0 Å². The third-order valence-electron chi connectivity index (χ3n) is 2.83. The number of aromatic nitrogens is 1. The number of hydrogen-bond donors (Lipinski definition) is 1. The van der Waals surface area contributed by atoms with Gasteiger partial charge in [0.15, 0.2) is 0 Å². The molecule has 1 heterocycles. The Labute approximate surface area is 119 Å². The highest BCUT2D eigenvalue weighted by Gasteiger charge is 2.18. The summed E-state index contributed by atoms with van der Waals surface area (Å²) in [6.07, 6.45) is 0. The SMILES string of the molecule is CNC(=O)c1cc2cc(Cl)cc(Br)c2n1C(C)C. The molecular weight excluding hydrogens is 316 g/mol. The van der Waals surface area contributed by atoms with E-state index in [-0.39, 0.29) is 11.9 Å². The van der Waals surface area contributed by atoms with Gasteiger partial charge in [-0.25, -0.2) is 0 Å². The molecule has 0 radical (unpaired) electrons. The molecule has 0 atom stereocenters. The lowest BCUT2D eigenvalue weighted by Gasteiger charge is -2.14. The average Bonchev–Trinajstić information content (AvgIpc) is 2.67. The fourth-order valence-electron chi connectivity index (χ4n) is 2.13. The van der Waals surface area contributed by atoms with E-state index >= 15 is 0 Å². The van der Waals surface area contributed by atoms with Gasteiger partial charge in [-0.3, -0.25) is 4.79 Å². The Kier molecular flexibility index (Phi) is 3.69. The molecule has 0 spiro atoms. The second kappa shape index (κ2) is 4.94. The smallest absolute Gasteiger partial charge is 0.267 e. The molecule has 2 rings (SSSR count). The summed E-state index contributed by atoms with van der Waals surface area (Å²) in [5.41, 5.74) is 1.64. The first-order chi connectivity index (χ1) is 8.45. The topological polar surface area (TPSA) is 34.0 Å². The van der Waals surface area contributed by atoms with Crippen molar-refractivity contribution < 1.29 is 4.79 Å². The minimum Gasteiger partial charge on any atom is -0.354 e. The molecule has 0 aliphatic rings. The third-order valence-corrected chi connectivity index (χ3v) is 3.65. The lowest BCUT2D eigenvalue weighted by molar-refractivity contribution is 0.0953. The van der Waals surface area contributed by atoms with Crippen LogP contribution in [0, 0.1) is 0 Å². The fourth-order valence-corrected chi connectivity index (χ4v) is 3.15. The number of halogens is 2. The summed E-state index contributed by atoms with van der Waals surface area (Å²) < 4.78 is 2.91. The zero-order valence-corrected chi connectivity index (χ0v) is 12.8. The highest BCUT2D eigenvalue weighted by atomic mass is 79.9. The van der Waals surface area contributed by atoms with Crippen molar-refractivity contribution in [3.05, 3.63) is 33.4 Å². The first-order valence-electron chi connectivity index (χ1n) is 5.67. The van der Waals surface area contributed by atoms with Crippen LogP contribution in [-0.4, -0.2) is 17.5 Å². The molecule has 2 aromatic rings. The summed E-state index contributed by atoms with van der Waals surface area (Å²) in [7, 11) is 1.63. The molecule has 0 fully saturated rings. The zero-order chi connectivity index (χ0) is 13.4. The molecule has 0 saturated heterocycles. The van der Waals surface area contributed by atoms with Gasteiger partial charge >= 0.3 is 0 Å². The minimum absolute atomic E-state index is 0.0945. The number of nitrogens with one attached hydrogen (secondary N) is 1. The Morgan fingerprint density at radius 1 is 1.39 bits per heavy atom. The molecular formula is C13H14BrClN2O. The van der Waals surface area contributed by atoms with Crippen LogP contribution in [0.3, 0.4) is 0 Å². The van der Waals surface area contributed by atoms with Gasteiger partial charge in [0.25, 0.3) is 5.91 Å². The van der Waals surface area contributed by atoms with Crippen LogP contribution in [-0.2, 0) is 0 Å². The Morgan fingerprint density at radius 3 is 2.61 bits per heavy atom. The van der Waals surface area contributed by atoms with E-state index in [1.807, 2.05) is 36.6 Å². The van der Waals surface area contributed by atoms with Crippen molar-refractivity contribution in [2.45, 2.75) is 19.9 Å². The minimum atomic E-state index is -0.0945. The maximum Gasteiger partial charge on any atom is 0.267 e. The standard InChI is InChI=1S/C13H14BrClN2O/c1-7(2)17-11(13(18)16-3)5-8-4-9(15)6-10(14)12(8)17/h4-7H,1-3H3,(H,16,18). The van der Waals surface area contributed by atoms with Gasteiger partial charge in [0.05, 0.1) is 5.52 Å². The summed E-state index contributed by atoms with van der Waals surface area (Å²) in [5.74, 6) is -0.0945. The van der Waals surface area contributed by atoms with Gasteiger partial charge in [0.1, 0.15) is 5.69 Å². The predicted octanol–water partition coefficient (Wildman–Crippen LogP) is 4.00. The number of amides is 1. The molecule has 96 valence electrons. The lowest BCUT2D eigenvalue weighted by Crippen LogP contribution is -2.22. The van der Waals surface area contributed by atoms with E-state index in [4.69, 9.17) is 11.6 Å². The molecule has 0 unspecified atom stereocenters. The number of benzene rings is 1. The van der Waals surface area contributed by atoms with Crippen LogP contribution >= 0.6 is 27.5 Å². The molecule has 1 N–H and O–H groups in total. The summed E-state index contributed by atoms with van der Waals surface area (Å²) >= 11 is 9.55.